The maximum Gasteiger partial charge on any atom is -0.0279 e. The van der Waals surface area contributed by atoms with Gasteiger partial charge in [0, 0.05) is 0 Å². The third kappa shape index (κ3) is 9.16. The fourth-order valence-electron chi connectivity index (χ4n) is 3.42. The van der Waals surface area contributed by atoms with Crippen LogP contribution in [0.25, 0.3) is 21.9 Å². The third-order valence-electron chi connectivity index (χ3n) is 5.22. The van der Waals surface area contributed by atoms with Crippen LogP contribution in [0.5, 0.6) is 0 Å². The average Bonchev–Trinajstić information content (AvgIpc) is 3.16. The molecule has 0 fully saturated rings. The van der Waals surface area contributed by atoms with Crippen molar-refractivity contribution in [2.24, 2.45) is 5.92 Å². The fraction of sp³-hybridized carbons (Fsp3) is 0.296. The summed E-state index contributed by atoms with van der Waals surface area (Å²) in [4.78, 5) is 0. The maximum atomic E-state index is 3.36. The largest absolute Gasteiger partial charge is 1.00 e. The number of aryl methyl sites for hydroxylation is 1. The summed E-state index contributed by atoms with van der Waals surface area (Å²) in [5, 5.41) is 2.69. The van der Waals surface area contributed by atoms with Gasteiger partial charge in [-0.05, 0) is 5.56 Å². The maximum absolute atomic E-state index is 3.36. The van der Waals surface area contributed by atoms with Crippen molar-refractivity contribution in [1.29, 1.82) is 0 Å². The second-order valence-electron chi connectivity index (χ2n) is 8.01. The number of fused-ring (bicyclic) bond motifs is 1. The SMILES string of the molecule is CC1=[C-]C(C)C(C)=C1C.C[Si](C)=[Zr+2].Cc1cc2c(-c3ccccc3)cccc2[cH-]1.[Br-].[Br-]. The molecule has 1 atom stereocenters. The molecule has 4 rings (SSSR count). The van der Waals surface area contributed by atoms with Crippen molar-refractivity contribution in [3.8, 4) is 11.1 Å². The molecule has 0 aliphatic heterocycles. The number of rotatable bonds is 1. The smallest absolute Gasteiger partial charge is 0.0279 e. The van der Waals surface area contributed by atoms with E-state index >= 15 is 0 Å². The predicted octanol–water partition coefficient (Wildman–Crippen LogP) is 2.05. The van der Waals surface area contributed by atoms with E-state index in [0.29, 0.717) is 5.92 Å². The normalized spacial score (nSPS) is 14.4. The van der Waals surface area contributed by atoms with E-state index in [4.69, 9.17) is 0 Å². The Bertz CT molecular complexity index is 1040. The van der Waals surface area contributed by atoms with Crippen LogP contribution >= 0.6 is 0 Å². The molecule has 164 valence electrons. The zero-order chi connectivity index (χ0) is 21.6. The second-order valence-corrected chi connectivity index (χ2v) is 17.4. The van der Waals surface area contributed by atoms with Crippen LogP contribution in [0.2, 0.25) is 13.1 Å². The van der Waals surface area contributed by atoms with Gasteiger partial charge in [-0.2, -0.15) is 17.2 Å². The second kappa shape index (κ2) is 14.7. The van der Waals surface area contributed by atoms with Crippen molar-refractivity contribution in [3.63, 3.8) is 0 Å². The molecular formula is C27H32Br2SiZr-2. The van der Waals surface area contributed by atoms with E-state index in [1.54, 1.807) is 23.3 Å². The summed E-state index contributed by atoms with van der Waals surface area (Å²) in [5.41, 5.74) is 8.40. The molecular weight excluding hydrogens is 603 g/mol. The Kier molecular flexibility index (Phi) is 14.5. The van der Waals surface area contributed by atoms with Gasteiger partial charge in [0.15, 0.2) is 0 Å². The number of hydrogen-bond acceptors (Lipinski definition) is 0. The van der Waals surface area contributed by atoms with E-state index < -0.39 is 0 Å². The van der Waals surface area contributed by atoms with Crippen molar-refractivity contribution >= 4 is 16.2 Å². The molecule has 1 aliphatic rings. The van der Waals surface area contributed by atoms with Crippen molar-refractivity contribution in [1.82, 2.24) is 0 Å². The molecule has 0 saturated carbocycles. The Morgan fingerprint density at radius 1 is 0.903 bits per heavy atom. The zero-order valence-corrected chi connectivity index (χ0v) is 26.2. The topological polar surface area (TPSA) is 0 Å². The monoisotopic (exact) mass is 632 g/mol. The Morgan fingerprint density at radius 3 is 1.94 bits per heavy atom. The predicted molar refractivity (Wildman–Crippen MR) is 127 cm³/mol. The van der Waals surface area contributed by atoms with E-state index in [9.17, 15) is 0 Å². The van der Waals surface area contributed by atoms with Gasteiger partial charge in [-0.1, -0.05) is 75.6 Å². The van der Waals surface area contributed by atoms with Crippen molar-refractivity contribution in [3.05, 3.63) is 89.0 Å². The first-order valence-corrected chi connectivity index (χ1v) is 16.4. The number of hydrogen-bond donors (Lipinski definition) is 0. The van der Waals surface area contributed by atoms with Gasteiger partial charge in [-0.3, -0.25) is 6.08 Å². The molecule has 0 saturated heterocycles. The van der Waals surface area contributed by atoms with Crippen molar-refractivity contribution in [2.45, 2.75) is 47.7 Å². The van der Waals surface area contributed by atoms with E-state index in [2.05, 4.69) is 114 Å². The molecule has 31 heavy (non-hydrogen) atoms. The van der Waals surface area contributed by atoms with E-state index in [0.717, 1.165) is 0 Å². The number of allylic oxidation sites excluding steroid dienone is 4. The molecule has 3 aromatic carbocycles. The van der Waals surface area contributed by atoms with Gasteiger partial charge in [0.05, 0.1) is 0 Å². The Balaban J connectivity index is 0.000000516. The van der Waals surface area contributed by atoms with Gasteiger partial charge in [-0.15, -0.1) is 41.5 Å². The third-order valence-corrected chi connectivity index (χ3v) is 5.22. The molecule has 4 heteroatoms. The fourth-order valence-corrected chi connectivity index (χ4v) is 3.42. The van der Waals surface area contributed by atoms with Crippen LogP contribution in [-0.2, 0) is 23.3 Å². The van der Waals surface area contributed by atoms with E-state index in [1.165, 1.54) is 44.2 Å². The standard InChI is InChI=1S/C16H13.C9H13.C2H6Si.2BrH.Zr/c1-12-10-14-8-5-9-15(16(14)11-12)13-6-3-2-4-7-13;1-6-5-7(2)9(4)8(6)3;1-3-2;;;/h2-11H,1H3;6H,1-4H3;1-2H3;2*1H;/q2*-1;;;;+2/p-2. The quantitative estimate of drug-likeness (QED) is 0.284. The number of halogens is 2. The minimum Gasteiger partial charge on any atom is -1.00 e. The summed E-state index contributed by atoms with van der Waals surface area (Å²) >= 11 is 1.74. The Hall–Kier alpha value is -0.410. The Morgan fingerprint density at radius 2 is 1.48 bits per heavy atom. The zero-order valence-electron chi connectivity index (χ0n) is 19.6. The Labute approximate surface area is 225 Å². The molecule has 0 N–H and O–H groups in total. The van der Waals surface area contributed by atoms with Gasteiger partial charge in [0.2, 0.25) is 0 Å². The van der Waals surface area contributed by atoms with E-state index in [1.807, 2.05) is 0 Å². The summed E-state index contributed by atoms with van der Waals surface area (Å²) in [5.74, 6) is 0.560. The summed E-state index contributed by atoms with van der Waals surface area (Å²) in [6.07, 6.45) is 3.36. The molecule has 1 aliphatic carbocycles. The molecule has 0 heterocycles. The first kappa shape index (κ1) is 30.6. The van der Waals surface area contributed by atoms with E-state index in [-0.39, 0.29) is 39.4 Å². The van der Waals surface area contributed by atoms with Gasteiger partial charge >= 0.3 is 41.9 Å². The van der Waals surface area contributed by atoms with Crippen LogP contribution in [0.3, 0.4) is 0 Å². The van der Waals surface area contributed by atoms with Crippen LogP contribution in [0.15, 0.2) is 77.4 Å². The minimum atomic E-state index is 0. The number of benzene rings is 2. The summed E-state index contributed by atoms with van der Waals surface area (Å²) in [7, 11) is 0. The molecule has 0 spiro atoms. The van der Waals surface area contributed by atoms with Crippen LogP contribution in [0.4, 0.5) is 0 Å². The van der Waals surface area contributed by atoms with Crippen LogP contribution in [-0.4, -0.2) is 5.43 Å². The molecule has 0 radical (unpaired) electrons. The summed E-state index contributed by atoms with van der Waals surface area (Å²) in [6.45, 7) is 15.4. The van der Waals surface area contributed by atoms with Crippen LogP contribution in [0.1, 0.15) is 33.3 Å². The van der Waals surface area contributed by atoms with Gasteiger partial charge in [0.25, 0.3) is 0 Å². The van der Waals surface area contributed by atoms with Crippen LogP contribution in [0, 0.1) is 18.9 Å². The molecule has 0 amide bonds. The summed E-state index contributed by atoms with van der Waals surface area (Å²) in [6, 6.07) is 21.6. The van der Waals surface area contributed by atoms with Crippen LogP contribution < -0.4 is 34.0 Å². The van der Waals surface area contributed by atoms with Crippen molar-refractivity contribution < 1.29 is 57.3 Å². The van der Waals surface area contributed by atoms with Gasteiger partial charge in [-0.25, -0.2) is 5.57 Å². The molecule has 0 aromatic heterocycles. The van der Waals surface area contributed by atoms with Gasteiger partial charge < -0.3 is 34.0 Å². The molecule has 0 nitrogen and oxygen atoms in total. The first-order chi connectivity index (χ1) is 13.7. The van der Waals surface area contributed by atoms with Gasteiger partial charge in [0.1, 0.15) is 0 Å². The molecule has 0 bridgehead atoms. The molecule has 1 unspecified atom stereocenters. The average molecular weight is 636 g/mol. The molecule has 3 aromatic rings. The summed E-state index contributed by atoms with van der Waals surface area (Å²) < 4.78 is 0. The van der Waals surface area contributed by atoms with Crippen molar-refractivity contribution in [2.75, 3.05) is 0 Å². The first-order valence-electron chi connectivity index (χ1n) is 10.2. The minimum absolute atomic E-state index is 0.